The molecule has 0 aliphatic rings. The van der Waals surface area contributed by atoms with Crippen molar-refractivity contribution in [2.24, 2.45) is 0 Å². The molecule has 0 saturated carbocycles. The van der Waals surface area contributed by atoms with Crippen molar-refractivity contribution in [2.45, 2.75) is 13.1 Å². The molecule has 0 heterocycles. The summed E-state index contributed by atoms with van der Waals surface area (Å²) >= 11 is 3.29. The zero-order valence-electron chi connectivity index (χ0n) is 15.8. The van der Waals surface area contributed by atoms with Gasteiger partial charge < -0.3 is 19.7 Å². The van der Waals surface area contributed by atoms with E-state index in [1.54, 1.807) is 25.9 Å². The van der Waals surface area contributed by atoms with Crippen molar-refractivity contribution >= 4 is 33.2 Å². The van der Waals surface area contributed by atoms with Crippen LogP contribution in [-0.2, 0) is 6.18 Å². The summed E-state index contributed by atoms with van der Waals surface area (Å²) in [5.74, 6) is -0.00149. The molecule has 0 saturated heterocycles. The van der Waals surface area contributed by atoms with E-state index in [9.17, 15) is 18.0 Å². The number of alkyl halides is 3. The summed E-state index contributed by atoms with van der Waals surface area (Å²) in [7, 11) is 4.68. The Labute approximate surface area is 169 Å². The van der Waals surface area contributed by atoms with Crippen LogP contribution in [0.5, 0.6) is 11.5 Å². The molecule has 2 rings (SSSR count). The fourth-order valence-corrected chi connectivity index (χ4v) is 3.04. The number of rotatable bonds is 6. The van der Waals surface area contributed by atoms with Crippen LogP contribution in [0.15, 0.2) is 34.8 Å². The van der Waals surface area contributed by atoms with Gasteiger partial charge in [0.1, 0.15) is 0 Å². The van der Waals surface area contributed by atoms with Gasteiger partial charge in [0, 0.05) is 25.3 Å². The summed E-state index contributed by atoms with van der Waals surface area (Å²) in [6.07, 6.45) is -4.62. The second-order valence-corrected chi connectivity index (χ2v) is 6.85. The standard InChI is InChI=1S/C19H20BrF3N2O3/c1-5-28-17-14(20)8-11(9-16(17)27-4)18(26)24-15-7-6-12(25(2)3)10-13(15)19(21,22)23/h6-10H,5H2,1-4H3,(H,24,26). The number of hydrogen-bond acceptors (Lipinski definition) is 4. The van der Waals surface area contributed by atoms with Gasteiger partial charge in [-0.3, -0.25) is 4.79 Å². The van der Waals surface area contributed by atoms with Crippen molar-refractivity contribution in [3.8, 4) is 11.5 Å². The number of amides is 1. The van der Waals surface area contributed by atoms with Crippen LogP contribution in [-0.4, -0.2) is 33.7 Å². The van der Waals surface area contributed by atoms with Crippen molar-refractivity contribution in [2.75, 3.05) is 38.0 Å². The molecule has 0 unspecified atom stereocenters. The van der Waals surface area contributed by atoms with Crippen molar-refractivity contribution in [1.82, 2.24) is 0 Å². The van der Waals surface area contributed by atoms with E-state index in [1.807, 2.05) is 0 Å². The van der Waals surface area contributed by atoms with Crippen molar-refractivity contribution in [3.63, 3.8) is 0 Å². The number of anilines is 2. The smallest absolute Gasteiger partial charge is 0.418 e. The highest BCUT2D eigenvalue weighted by Gasteiger charge is 2.34. The molecule has 0 aliphatic carbocycles. The first-order valence-electron chi connectivity index (χ1n) is 8.28. The van der Waals surface area contributed by atoms with E-state index in [4.69, 9.17) is 9.47 Å². The van der Waals surface area contributed by atoms with E-state index in [0.717, 1.165) is 6.07 Å². The van der Waals surface area contributed by atoms with Crippen molar-refractivity contribution < 1.29 is 27.4 Å². The molecular formula is C19H20BrF3N2O3. The summed E-state index contributed by atoms with van der Waals surface area (Å²) in [6, 6.07) is 6.59. The van der Waals surface area contributed by atoms with Crippen LogP contribution in [0, 0.1) is 0 Å². The Morgan fingerprint density at radius 1 is 1.21 bits per heavy atom. The molecule has 9 heteroatoms. The Kier molecular flexibility index (Phi) is 6.82. The minimum Gasteiger partial charge on any atom is -0.493 e. The molecule has 0 fully saturated rings. The second-order valence-electron chi connectivity index (χ2n) is 6.00. The molecule has 0 atom stereocenters. The number of carbonyl (C=O) groups is 1. The first kappa shape index (κ1) is 21.9. The lowest BCUT2D eigenvalue weighted by Gasteiger charge is -2.19. The molecule has 0 aliphatic heterocycles. The summed E-state index contributed by atoms with van der Waals surface area (Å²) in [5, 5.41) is 2.33. The lowest BCUT2D eigenvalue weighted by Crippen LogP contribution is -2.18. The average Bonchev–Trinajstić information content (AvgIpc) is 2.62. The van der Waals surface area contributed by atoms with Gasteiger partial charge in [-0.1, -0.05) is 0 Å². The Morgan fingerprint density at radius 2 is 1.89 bits per heavy atom. The highest BCUT2D eigenvalue weighted by atomic mass is 79.9. The zero-order chi connectivity index (χ0) is 21.1. The van der Waals surface area contributed by atoms with E-state index in [-0.39, 0.29) is 11.3 Å². The van der Waals surface area contributed by atoms with Gasteiger partial charge in [-0.25, -0.2) is 0 Å². The van der Waals surface area contributed by atoms with Crippen LogP contribution >= 0.6 is 15.9 Å². The fraction of sp³-hybridized carbons (Fsp3) is 0.316. The number of halogens is 4. The Bertz CT molecular complexity index is 870. The molecule has 0 spiro atoms. The molecule has 0 bridgehead atoms. The zero-order valence-corrected chi connectivity index (χ0v) is 17.4. The topological polar surface area (TPSA) is 50.8 Å². The van der Waals surface area contributed by atoms with Gasteiger partial charge >= 0.3 is 6.18 Å². The summed E-state index contributed by atoms with van der Waals surface area (Å²) in [5.41, 5.74) is -0.760. The molecule has 28 heavy (non-hydrogen) atoms. The number of ether oxygens (including phenoxy) is 2. The lowest BCUT2D eigenvalue weighted by atomic mass is 10.1. The van der Waals surface area contributed by atoms with E-state index in [2.05, 4.69) is 21.2 Å². The number of hydrogen-bond donors (Lipinski definition) is 1. The molecule has 5 nitrogen and oxygen atoms in total. The summed E-state index contributed by atoms with van der Waals surface area (Å²) in [4.78, 5) is 14.1. The third kappa shape index (κ3) is 4.89. The predicted octanol–water partition coefficient (Wildman–Crippen LogP) is 5.19. The van der Waals surface area contributed by atoms with Crippen LogP contribution in [0.1, 0.15) is 22.8 Å². The van der Waals surface area contributed by atoms with Crippen molar-refractivity contribution in [1.29, 1.82) is 0 Å². The van der Waals surface area contributed by atoms with Crippen molar-refractivity contribution in [3.05, 3.63) is 45.9 Å². The Morgan fingerprint density at radius 3 is 2.43 bits per heavy atom. The number of benzene rings is 2. The van der Waals surface area contributed by atoms with Gasteiger partial charge in [0.05, 0.1) is 29.4 Å². The predicted molar refractivity (Wildman–Crippen MR) is 106 cm³/mol. The lowest BCUT2D eigenvalue weighted by molar-refractivity contribution is -0.136. The monoisotopic (exact) mass is 460 g/mol. The average molecular weight is 461 g/mol. The Balaban J connectivity index is 2.41. The maximum atomic E-state index is 13.5. The van der Waals surface area contributed by atoms with Gasteiger partial charge in [-0.15, -0.1) is 0 Å². The maximum absolute atomic E-state index is 13.5. The third-order valence-electron chi connectivity index (χ3n) is 3.85. The fourth-order valence-electron chi connectivity index (χ4n) is 2.48. The maximum Gasteiger partial charge on any atom is 0.418 e. The Hall–Kier alpha value is -2.42. The quantitative estimate of drug-likeness (QED) is 0.643. The van der Waals surface area contributed by atoms with E-state index in [0.29, 0.717) is 28.3 Å². The third-order valence-corrected chi connectivity index (χ3v) is 4.44. The van der Waals surface area contributed by atoms with Gasteiger partial charge in [0.2, 0.25) is 0 Å². The van der Waals surface area contributed by atoms with Gasteiger partial charge in [-0.05, 0) is 53.2 Å². The number of methoxy groups -OCH3 is 1. The van der Waals surface area contributed by atoms with E-state index >= 15 is 0 Å². The number of carbonyl (C=O) groups excluding carboxylic acids is 1. The van der Waals surface area contributed by atoms with Crippen LogP contribution in [0.4, 0.5) is 24.5 Å². The molecule has 152 valence electrons. The SMILES string of the molecule is CCOc1c(Br)cc(C(=O)Nc2ccc(N(C)C)cc2C(F)(F)F)cc1OC. The highest BCUT2D eigenvalue weighted by molar-refractivity contribution is 9.10. The van der Waals surface area contributed by atoms with Gasteiger partial charge in [0.15, 0.2) is 11.5 Å². The summed E-state index contributed by atoms with van der Waals surface area (Å²) in [6.45, 7) is 2.18. The molecular weight excluding hydrogens is 441 g/mol. The van der Waals surface area contributed by atoms with Gasteiger partial charge in [-0.2, -0.15) is 13.2 Å². The first-order valence-corrected chi connectivity index (χ1v) is 9.08. The number of nitrogens with one attached hydrogen (secondary N) is 1. The normalized spacial score (nSPS) is 11.1. The van der Waals surface area contributed by atoms with Gasteiger partial charge in [0.25, 0.3) is 5.91 Å². The second kappa shape index (κ2) is 8.72. The molecule has 1 N–H and O–H groups in total. The van der Waals surface area contributed by atoms with Crippen LogP contribution in [0.2, 0.25) is 0 Å². The highest BCUT2D eigenvalue weighted by Crippen LogP contribution is 2.39. The van der Waals surface area contributed by atoms with Crippen LogP contribution in [0.3, 0.4) is 0 Å². The molecule has 0 aromatic heterocycles. The minimum atomic E-state index is -4.62. The number of nitrogens with zero attached hydrogens (tertiary/aromatic N) is 1. The van der Waals surface area contributed by atoms with E-state index in [1.165, 1.54) is 31.4 Å². The van der Waals surface area contributed by atoms with E-state index < -0.39 is 17.6 Å². The summed E-state index contributed by atoms with van der Waals surface area (Å²) < 4.78 is 51.5. The molecule has 2 aromatic carbocycles. The molecule has 1 amide bonds. The first-order chi connectivity index (χ1) is 13.1. The van der Waals surface area contributed by atoms with Crippen LogP contribution < -0.4 is 19.7 Å². The molecule has 2 aromatic rings. The minimum absolute atomic E-state index is 0.122. The van der Waals surface area contributed by atoms with Crippen LogP contribution in [0.25, 0.3) is 0 Å². The molecule has 0 radical (unpaired) electrons. The largest absolute Gasteiger partial charge is 0.493 e.